The van der Waals surface area contributed by atoms with Gasteiger partial charge in [-0.15, -0.1) is 0 Å². The van der Waals surface area contributed by atoms with Crippen molar-refractivity contribution in [3.05, 3.63) is 57.2 Å². The lowest BCUT2D eigenvalue weighted by molar-refractivity contribution is -0.109. The van der Waals surface area contributed by atoms with Crippen LogP contribution in [-0.4, -0.2) is 5.12 Å². The molecule has 23 heavy (non-hydrogen) atoms. The average Bonchev–Trinajstić information content (AvgIpc) is 2.54. The molecule has 0 spiro atoms. The zero-order valence-electron chi connectivity index (χ0n) is 13.4. The second kappa shape index (κ2) is 6.20. The molecule has 0 unspecified atom stereocenters. The van der Waals surface area contributed by atoms with Gasteiger partial charge in [-0.1, -0.05) is 36.9 Å². The summed E-state index contributed by atoms with van der Waals surface area (Å²) in [4.78, 5) is 24.0. The maximum atomic E-state index is 12.8. The first-order chi connectivity index (χ1) is 11.0. The van der Waals surface area contributed by atoms with E-state index in [4.69, 9.17) is 4.42 Å². The molecule has 4 heteroatoms. The fourth-order valence-electron chi connectivity index (χ4n) is 2.79. The number of carbonyl (C=O) groups excluding carboxylic acids is 1. The topological polar surface area (TPSA) is 47.3 Å². The van der Waals surface area contributed by atoms with Gasteiger partial charge in [-0.2, -0.15) is 0 Å². The molecule has 1 aromatic heterocycles. The molecular weight excluding hydrogens is 308 g/mol. The Bertz CT molecular complexity index is 970. The smallest absolute Gasteiger partial charge is 0.200 e. The van der Waals surface area contributed by atoms with Crippen molar-refractivity contribution in [1.29, 1.82) is 0 Å². The Hall–Kier alpha value is -2.07. The van der Waals surface area contributed by atoms with Crippen LogP contribution in [-0.2, 0) is 17.0 Å². The Morgan fingerprint density at radius 2 is 1.83 bits per heavy atom. The third kappa shape index (κ3) is 2.79. The fourth-order valence-corrected chi connectivity index (χ4v) is 3.46. The van der Waals surface area contributed by atoms with Crippen LogP contribution >= 0.6 is 11.8 Å². The summed E-state index contributed by atoms with van der Waals surface area (Å²) in [5.74, 6) is 0.592. The van der Waals surface area contributed by atoms with Crippen molar-refractivity contribution in [1.82, 2.24) is 0 Å². The maximum absolute atomic E-state index is 12.8. The van der Waals surface area contributed by atoms with E-state index in [2.05, 4.69) is 0 Å². The van der Waals surface area contributed by atoms with E-state index in [1.54, 1.807) is 6.92 Å². The number of fused-ring (bicyclic) bond motifs is 2. The highest BCUT2D eigenvalue weighted by Crippen LogP contribution is 2.28. The van der Waals surface area contributed by atoms with Gasteiger partial charge in [-0.05, 0) is 42.2 Å². The Labute approximate surface area is 138 Å². The molecule has 3 rings (SSSR count). The van der Waals surface area contributed by atoms with Crippen molar-refractivity contribution < 1.29 is 9.21 Å². The van der Waals surface area contributed by atoms with Gasteiger partial charge in [0.25, 0.3) is 0 Å². The average molecular weight is 326 g/mol. The second-order valence-corrected chi connectivity index (χ2v) is 6.74. The maximum Gasteiger partial charge on any atom is 0.200 e. The number of para-hydroxylation sites is 1. The molecule has 1 heterocycles. The van der Waals surface area contributed by atoms with Gasteiger partial charge in [0, 0.05) is 12.7 Å². The lowest BCUT2D eigenvalue weighted by Gasteiger charge is -2.10. The molecule has 0 aliphatic rings. The first kappa shape index (κ1) is 15.8. The molecule has 0 bridgehead atoms. The number of hydrogen-bond donors (Lipinski definition) is 0. The van der Waals surface area contributed by atoms with Gasteiger partial charge in [0.05, 0.1) is 10.8 Å². The summed E-state index contributed by atoms with van der Waals surface area (Å²) in [5.41, 5.74) is 4.29. The highest BCUT2D eigenvalue weighted by molar-refractivity contribution is 8.12. The van der Waals surface area contributed by atoms with Crippen molar-refractivity contribution >= 4 is 38.8 Å². The van der Waals surface area contributed by atoms with Crippen LogP contribution in [0.15, 0.2) is 39.5 Å². The van der Waals surface area contributed by atoms with Crippen LogP contribution in [0.5, 0.6) is 0 Å². The van der Waals surface area contributed by atoms with Gasteiger partial charge in [0.2, 0.25) is 5.43 Å². The van der Waals surface area contributed by atoms with Crippen molar-refractivity contribution in [2.45, 2.75) is 32.9 Å². The number of rotatable bonds is 3. The molecule has 0 aliphatic heterocycles. The lowest BCUT2D eigenvalue weighted by Crippen LogP contribution is -2.05. The largest absolute Gasteiger partial charge is 0.455 e. The first-order valence-electron chi connectivity index (χ1n) is 7.63. The summed E-state index contributed by atoms with van der Waals surface area (Å²) in [6, 6.07) is 9.42. The monoisotopic (exact) mass is 326 g/mol. The van der Waals surface area contributed by atoms with Crippen LogP contribution < -0.4 is 5.43 Å². The molecule has 0 saturated heterocycles. The van der Waals surface area contributed by atoms with Crippen LogP contribution in [0.1, 0.15) is 30.5 Å². The standard InChI is InChI=1S/C19H18O3S/c1-4-13-6-5-7-15-17(21)16-9-8-14(10-23-12(3)20)11(2)18(16)22-19(13)15/h5-9H,4,10H2,1-3H3. The zero-order chi connectivity index (χ0) is 16.6. The quantitative estimate of drug-likeness (QED) is 0.660. The Morgan fingerprint density at radius 3 is 2.52 bits per heavy atom. The fraction of sp³-hybridized carbons (Fsp3) is 0.263. The van der Waals surface area contributed by atoms with Crippen molar-refractivity contribution in [2.24, 2.45) is 0 Å². The van der Waals surface area contributed by atoms with Gasteiger partial charge in [-0.3, -0.25) is 9.59 Å². The number of benzene rings is 2. The number of hydrogen-bond acceptors (Lipinski definition) is 4. The summed E-state index contributed by atoms with van der Waals surface area (Å²) in [6.07, 6.45) is 0.810. The summed E-state index contributed by atoms with van der Waals surface area (Å²) < 4.78 is 6.13. The van der Waals surface area contributed by atoms with Crippen LogP contribution in [0, 0.1) is 6.92 Å². The Morgan fingerprint density at radius 1 is 1.09 bits per heavy atom. The molecule has 0 saturated carbocycles. The number of thioether (sulfide) groups is 1. The SMILES string of the molecule is CCc1cccc2c(=O)c3ccc(CSC(C)=O)c(C)c3oc12. The Kier molecular flexibility index (Phi) is 4.26. The minimum Gasteiger partial charge on any atom is -0.455 e. The normalized spacial score (nSPS) is 11.3. The first-order valence-corrected chi connectivity index (χ1v) is 8.61. The third-order valence-electron chi connectivity index (χ3n) is 4.12. The predicted molar refractivity (Wildman–Crippen MR) is 96.1 cm³/mol. The second-order valence-electron chi connectivity index (χ2n) is 5.59. The highest BCUT2D eigenvalue weighted by Gasteiger charge is 2.14. The van der Waals surface area contributed by atoms with Gasteiger partial charge in [-0.25, -0.2) is 0 Å². The molecule has 0 radical (unpaired) electrons. The van der Waals surface area contributed by atoms with Crippen LogP contribution in [0.25, 0.3) is 21.9 Å². The molecule has 0 N–H and O–H groups in total. The van der Waals surface area contributed by atoms with E-state index in [0.29, 0.717) is 27.7 Å². The number of carbonyl (C=O) groups is 1. The molecule has 0 aliphatic carbocycles. The summed E-state index contributed by atoms with van der Waals surface area (Å²) in [7, 11) is 0. The summed E-state index contributed by atoms with van der Waals surface area (Å²) in [6.45, 7) is 5.55. The predicted octanol–water partition coefficient (Wildman–Crippen LogP) is 4.60. The van der Waals surface area contributed by atoms with E-state index < -0.39 is 0 Å². The van der Waals surface area contributed by atoms with Gasteiger partial charge < -0.3 is 4.42 Å². The molecule has 3 nitrogen and oxygen atoms in total. The minimum absolute atomic E-state index is 0.00502. The highest BCUT2D eigenvalue weighted by atomic mass is 32.2. The Balaban J connectivity index is 2.30. The molecule has 0 amide bonds. The third-order valence-corrected chi connectivity index (χ3v) is 4.98. The van der Waals surface area contributed by atoms with Crippen molar-refractivity contribution in [3.63, 3.8) is 0 Å². The summed E-state index contributed by atoms with van der Waals surface area (Å²) in [5, 5.41) is 1.31. The molecule has 118 valence electrons. The van der Waals surface area contributed by atoms with Gasteiger partial charge in [0.15, 0.2) is 5.12 Å². The van der Waals surface area contributed by atoms with Gasteiger partial charge >= 0.3 is 0 Å². The number of aryl methyl sites for hydroxylation is 2. The van der Waals surface area contributed by atoms with E-state index in [0.717, 1.165) is 23.1 Å². The molecule has 0 fully saturated rings. The minimum atomic E-state index is 0.00502. The van der Waals surface area contributed by atoms with E-state index in [-0.39, 0.29) is 10.5 Å². The zero-order valence-corrected chi connectivity index (χ0v) is 14.3. The van der Waals surface area contributed by atoms with Crippen molar-refractivity contribution in [2.75, 3.05) is 0 Å². The molecule has 0 atom stereocenters. The van der Waals surface area contributed by atoms with Crippen LogP contribution in [0.2, 0.25) is 0 Å². The lowest BCUT2D eigenvalue weighted by atomic mass is 10.0. The van der Waals surface area contributed by atoms with Crippen LogP contribution in [0.3, 0.4) is 0 Å². The van der Waals surface area contributed by atoms with Gasteiger partial charge in [0.1, 0.15) is 11.2 Å². The molecular formula is C19H18O3S. The van der Waals surface area contributed by atoms with E-state index in [1.807, 2.05) is 44.2 Å². The molecule has 2 aromatic carbocycles. The van der Waals surface area contributed by atoms with Crippen LogP contribution in [0.4, 0.5) is 0 Å². The van der Waals surface area contributed by atoms with E-state index in [9.17, 15) is 9.59 Å². The van der Waals surface area contributed by atoms with E-state index >= 15 is 0 Å². The van der Waals surface area contributed by atoms with E-state index in [1.165, 1.54) is 11.8 Å². The molecule has 3 aromatic rings. The van der Waals surface area contributed by atoms with Crippen molar-refractivity contribution in [3.8, 4) is 0 Å². The summed E-state index contributed by atoms with van der Waals surface area (Å²) >= 11 is 1.26.